The maximum Gasteiger partial charge on any atom is 0.341 e. The van der Waals surface area contributed by atoms with Crippen LogP contribution >= 0.6 is 0 Å². The van der Waals surface area contributed by atoms with Crippen LogP contribution in [0.2, 0.25) is 0 Å². The number of carboxylic acids is 1. The number of ether oxygens (including phenoxy) is 1. The molecule has 0 radical (unpaired) electrons. The molecule has 5 nitrogen and oxygen atoms in total. The van der Waals surface area contributed by atoms with Crippen molar-refractivity contribution in [1.82, 2.24) is 0 Å². The molecule has 0 fully saturated rings. The average Bonchev–Trinajstić information content (AvgIpc) is 2.13. The van der Waals surface area contributed by atoms with Gasteiger partial charge in [-0.15, -0.1) is 0 Å². The van der Waals surface area contributed by atoms with Gasteiger partial charge in [0.2, 0.25) is 0 Å². The Labute approximate surface area is 87.1 Å². The zero-order valence-corrected chi connectivity index (χ0v) is 8.30. The largest absolute Gasteiger partial charge is 0.490 e. The Morgan fingerprint density at radius 2 is 2.27 bits per heavy atom. The van der Waals surface area contributed by atoms with Gasteiger partial charge in [0.1, 0.15) is 17.9 Å². The molecule has 82 valence electrons. The zero-order chi connectivity index (χ0) is 11.4. The molecule has 0 heterocycles. The first-order valence-corrected chi connectivity index (χ1v) is 4.45. The van der Waals surface area contributed by atoms with Crippen molar-refractivity contribution in [2.45, 2.75) is 13.0 Å². The number of aliphatic hydroxyl groups is 1. The van der Waals surface area contributed by atoms with Gasteiger partial charge in [0.05, 0.1) is 6.10 Å². The van der Waals surface area contributed by atoms with Crippen molar-refractivity contribution >= 4 is 11.7 Å². The fourth-order valence-corrected chi connectivity index (χ4v) is 1.11. The Kier molecular flexibility index (Phi) is 3.51. The summed E-state index contributed by atoms with van der Waals surface area (Å²) in [4.78, 5) is 10.9. The number of aromatic carboxylic acids is 1. The van der Waals surface area contributed by atoms with Gasteiger partial charge >= 0.3 is 5.97 Å². The van der Waals surface area contributed by atoms with E-state index in [1.54, 1.807) is 13.0 Å². The van der Waals surface area contributed by atoms with Crippen molar-refractivity contribution in [2.75, 3.05) is 12.3 Å². The molecular weight excluding hydrogens is 198 g/mol. The third-order valence-electron chi connectivity index (χ3n) is 1.75. The molecule has 1 unspecified atom stereocenters. The normalized spacial score (nSPS) is 12.1. The second-order valence-corrected chi connectivity index (χ2v) is 3.19. The van der Waals surface area contributed by atoms with E-state index in [4.69, 9.17) is 20.7 Å². The standard InChI is InChI=1S/C10H13NO4/c1-6(12)5-15-8-4-2-3-7(11)9(8)10(13)14/h2-4,6,12H,5,11H2,1H3,(H,13,14). The van der Waals surface area contributed by atoms with Gasteiger partial charge in [0.25, 0.3) is 0 Å². The van der Waals surface area contributed by atoms with Crippen molar-refractivity contribution in [3.63, 3.8) is 0 Å². The van der Waals surface area contributed by atoms with Crippen LogP contribution in [0.5, 0.6) is 5.75 Å². The second kappa shape index (κ2) is 4.65. The minimum Gasteiger partial charge on any atom is -0.490 e. The zero-order valence-electron chi connectivity index (χ0n) is 8.30. The van der Waals surface area contributed by atoms with E-state index >= 15 is 0 Å². The van der Waals surface area contributed by atoms with E-state index in [1.165, 1.54) is 12.1 Å². The van der Waals surface area contributed by atoms with Gasteiger partial charge in [-0.2, -0.15) is 0 Å². The van der Waals surface area contributed by atoms with E-state index in [1.807, 2.05) is 0 Å². The van der Waals surface area contributed by atoms with Crippen LogP contribution in [-0.4, -0.2) is 28.9 Å². The molecule has 1 aromatic carbocycles. The highest BCUT2D eigenvalue weighted by Gasteiger charge is 2.15. The van der Waals surface area contributed by atoms with Gasteiger partial charge in [-0.1, -0.05) is 6.07 Å². The second-order valence-electron chi connectivity index (χ2n) is 3.19. The maximum atomic E-state index is 10.9. The monoisotopic (exact) mass is 211 g/mol. The summed E-state index contributed by atoms with van der Waals surface area (Å²) in [5, 5.41) is 17.9. The minimum absolute atomic E-state index is 0.0315. The molecule has 15 heavy (non-hydrogen) atoms. The molecule has 0 amide bonds. The minimum atomic E-state index is -1.14. The summed E-state index contributed by atoms with van der Waals surface area (Å²) >= 11 is 0. The summed E-state index contributed by atoms with van der Waals surface area (Å²) in [6.07, 6.45) is -0.659. The number of nitrogen functional groups attached to an aromatic ring is 1. The molecular formula is C10H13NO4. The molecule has 0 bridgehead atoms. The molecule has 0 aliphatic heterocycles. The third-order valence-corrected chi connectivity index (χ3v) is 1.75. The lowest BCUT2D eigenvalue weighted by molar-refractivity contribution is 0.0687. The average molecular weight is 211 g/mol. The van der Waals surface area contributed by atoms with E-state index in [0.29, 0.717) is 0 Å². The summed E-state index contributed by atoms with van der Waals surface area (Å²) < 4.78 is 5.13. The van der Waals surface area contributed by atoms with Crippen LogP contribution in [0.25, 0.3) is 0 Å². The van der Waals surface area contributed by atoms with Crippen molar-refractivity contribution in [1.29, 1.82) is 0 Å². The number of benzene rings is 1. The SMILES string of the molecule is CC(O)COc1cccc(N)c1C(=O)O. The summed E-state index contributed by atoms with van der Waals surface area (Å²) in [6.45, 7) is 1.58. The van der Waals surface area contributed by atoms with Gasteiger partial charge in [0.15, 0.2) is 0 Å². The van der Waals surface area contributed by atoms with E-state index < -0.39 is 12.1 Å². The lowest BCUT2D eigenvalue weighted by atomic mass is 10.1. The smallest absolute Gasteiger partial charge is 0.341 e. The van der Waals surface area contributed by atoms with Gasteiger partial charge in [-0.05, 0) is 19.1 Å². The first-order valence-electron chi connectivity index (χ1n) is 4.45. The molecule has 1 atom stereocenters. The molecule has 0 aliphatic carbocycles. The number of carboxylic acid groups (broad SMARTS) is 1. The van der Waals surface area contributed by atoms with Crippen LogP contribution in [0.3, 0.4) is 0 Å². The number of carbonyl (C=O) groups is 1. The Hall–Kier alpha value is -1.75. The topological polar surface area (TPSA) is 92.8 Å². The summed E-state index contributed by atoms with van der Waals surface area (Å²) in [7, 11) is 0. The quantitative estimate of drug-likeness (QED) is 0.638. The Bertz CT molecular complexity index is 362. The molecule has 0 saturated heterocycles. The highest BCUT2D eigenvalue weighted by Crippen LogP contribution is 2.24. The Morgan fingerprint density at radius 3 is 2.80 bits per heavy atom. The maximum absolute atomic E-state index is 10.9. The number of rotatable bonds is 4. The Morgan fingerprint density at radius 1 is 1.60 bits per heavy atom. The van der Waals surface area contributed by atoms with E-state index in [-0.39, 0.29) is 23.6 Å². The number of nitrogens with two attached hydrogens (primary N) is 1. The molecule has 1 rings (SSSR count). The molecule has 0 aromatic heterocycles. The van der Waals surface area contributed by atoms with Crippen LogP contribution < -0.4 is 10.5 Å². The lowest BCUT2D eigenvalue weighted by Gasteiger charge is -2.11. The third kappa shape index (κ3) is 2.85. The highest BCUT2D eigenvalue weighted by atomic mass is 16.5. The van der Waals surface area contributed by atoms with Crippen LogP contribution in [0.1, 0.15) is 17.3 Å². The summed E-state index contributed by atoms with van der Waals surface area (Å²) in [6, 6.07) is 4.58. The van der Waals surface area contributed by atoms with Crippen molar-refractivity contribution in [2.24, 2.45) is 0 Å². The van der Waals surface area contributed by atoms with Crippen LogP contribution in [0.4, 0.5) is 5.69 Å². The molecule has 0 spiro atoms. The predicted molar refractivity (Wildman–Crippen MR) is 55.0 cm³/mol. The summed E-state index contributed by atoms with van der Waals surface area (Å²) in [5.41, 5.74) is 5.58. The van der Waals surface area contributed by atoms with Crippen molar-refractivity contribution in [3.8, 4) is 5.75 Å². The lowest BCUT2D eigenvalue weighted by Crippen LogP contribution is -2.15. The van der Waals surface area contributed by atoms with E-state index in [0.717, 1.165) is 0 Å². The fourth-order valence-electron chi connectivity index (χ4n) is 1.11. The predicted octanol–water partition coefficient (Wildman–Crippen LogP) is 0.727. The molecule has 0 aliphatic rings. The first-order chi connectivity index (χ1) is 7.02. The van der Waals surface area contributed by atoms with Gasteiger partial charge in [0, 0.05) is 5.69 Å². The number of anilines is 1. The Balaban J connectivity index is 2.96. The van der Waals surface area contributed by atoms with Gasteiger partial charge in [-0.25, -0.2) is 4.79 Å². The van der Waals surface area contributed by atoms with E-state index in [9.17, 15) is 4.79 Å². The molecule has 5 heteroatoms. The number of aliphatic hydroxyl groups excluding tert-OH is 1. The van der Waals surface area contributed by atoms with Gasteiger partial charge in [-0.3, -0.25) is 0 Å². The number of hydrogen-bond donors (Lipinski definition) is 3. The molecule has 4 N–H and O–H groups in total. The molecule has 0 saturated carbocycles. The first kappa shape index (κ1) is 11.3. The van der Waals surface area contributed by atoms with Crippen LogP contribution in [-0.2, 0) is 0 Å². The van der Waals surface area contributed by atoms with Gasteiger partial charge < -0.3 is 20.7 Å². The van der Waals surface area contributed by atoms with E-state index in [2.05, 4.69) is 0 Å². The van der Waals surface area contributed by atoms with Crippen molar-refractivity contribution in [3.05, 3.63) is 23.8 Å². The number of hydrogen-bond acceptors (Lipinski definition) is 4. The summed E-state index contributed by atoms with van der Waals surface area (Å²) in [5.74, 6) is -0.975. The van der Waals surface area contributed by atoms with Crippen LogP contribution in [0.15, 0.2) is 18.2 Å². The van der Waals surface area contributed by atoms with Crippen LogP contribution in [0, 0.1) is 0 Å². The molecule has 1 aromatic rings. The van der Waals surface area contributed by atoms with Crippen molar-refractivity contribution < 1.29 is 19.7 Å². The fraction of sp³-hybridized carbons (Fsp3) is 0.300. The highest BCUT2D eigenvalue weighted by molar-refractivity contribution is 5.96.